The zero-order valence-electron chi connectivity index (χ0n) is 21.7. The van der Waals surface area contributed by atoms with Crippen LogP contribution in [0.4, 0.5) is 13.2 Å². The molecule has 11 heteroatoms. The Morgan fingerprint density at radius 3 is 2.49 bits per heavy atom. The second-order valence-corrected chi connectivity index (χ2v) is 9.62. The molecule has 3 heterocycles. The predicted octanol–water partition coefficient (Wildman–Crippen LogP) is 4.78. The first-order valence-corrected chi connectivity index (χ1v) is 13.0. The number of hydrogen-bond donors (Lipinski definition) is 0. The summed E-state index contributed by atoms with van der Waals surface area (Å²) in [5, 5.41) is 5.51. The molecule has 41 heavy (non-hydrogen) atoms. The van der Waals surface area contributed by atoms with Crippen LogP contribution in [0.5, 0.6) is 0 Å². The van der Waals surface area contributed by atoms with E-state index >= 15 is 0 Å². The van der Waals surface area contributed by atoms with E-state index in [-0.39, 0.29) is 29.2 Å². The Balaban J connectivity index is 1.44. The number of para-hydroxylation sites is 2. The fourth-order valence-electron chi connectivity index (χ4n) is 4.94. The number of fused-ring (bicyclic) bond motifs is 2. The highest BCUT2D eigenvalue weighted by atomic mass is 19.4. The fraction of sp³-hybridized carbons (Fsp3) is 0.200. The zero-order valence-corrected chi connectivity index (χ0v) is 21.7. The predicted molar refractivity (Wildman–Crippen MR) is 149 cm³/mol. The minimum absolute atomic E-state index is 0.0257. The number of morpholine rings is 1. The highest BCUT2D eigenvalue weighted by molar-refractivity contribution is 6.00. The van der Waals surface area contributed by atoms with Gasteiger partial charge in [0.15, 0.2) is 5.82 Å². The maximum Gasteiger partial charge on any atom is 0.416 e. The average Bonchev–Trinajstić information content (AvgIpc) is 3.33. The lowest BCUT2D eigenvalue weighted by Gasteiger charge is -2.27. The second-order valence-electron chi connectivity index (χ2n) is 9.62. The highest BCUT2D eigenvalue weighted by Gasteiger charge is 2.31. The van der Waals surface area contributed by atoms with Crippen molar-refractivity contribution < 1.29 is 22.7 Å². The molecule has 0 aliphatic carbocycles. The van der Waals surface area contributed by atoms with E-state index in [1.165, 1.54) is 18.3 Å². The summed E-state index contributed by atoms with van der Waals surface area (Å²) in [5.41, 5.74) is 0.488. The number of halogens is 3. The van der Waals surface area contributed by atoms with Gasteiger partial charge in [-0.05, 0) is 30.3 Å². The van der Waals surface area contributed by atoms with E-state index in [9.17, 15) is 22.8 Å². The quantitative estimate of drug-likeness (QED) is 0.291. The highest BCUT2D eigenvalue weighted by Crippen LogP contribution is 2.32. The van der Waals surface area contributed by atoms with E-state index in [1.807, 2.05) is 28.8 Å². The smallest absolute Gasteiger partial charge is 0.378 e. The minimum atomic E-state index is -4.57. The molecule has 3 aromatic carbocycles. The minimum Gasteiger partial charge on any atom is -0.378 e. The number of carbonyl (C=O) groups excluding carboxylic acids is 1. The summed E-state index contributed by atoms with van der Waals surface area (Å²) < 4.78 is 48.7. The summed E-state index contributed by atoms with van der Waals surface area (Å²) in [6, 6.07) is 18.7. The molecule has 0 N–H and O–H groups in total. The van der Waals surface area contributed by atoms with Crippen LogP contribution < -0.4 is 5.56 Å². The number of hydrogen-bond acceptors (Lipinski definition) is 5. The lowest BCUT2D eigenvalue weighted by Crippen LogP contribution is -2.42. The molecule has 1 fully saturated rings. The maximum atomic E-state index is 13.5. The van der Waals surface area contributed by atoms with Crippen molar-refractivity contribution in [3.8, 4) is 11.4 Å². The first-order valence-electron chi connectivity index (χ1n) is 13.0. The maximum absolute atomic E-state index is 13.5. The van der Waals surface area contributed by atoms with E-state index < -0.39 is 17.3 Å². The third kappa shape index (κ3) is 5.23. The molecular weight excluding hydrogens is 535 g/mol. The monoisotopic (exact) mass is 559 g/mol. The van der Waals surface area contributed by atoms with Crippen LogP contribution in [0.2, 0.25) is 0 Å². The van der Waals surface area contributed by atoms with Gasteiger partial charge in [0.05, 0.1) is 35.9 Å². The number of nitrogens with zero attached hydrogens (tertiary/aromatic N) is 5. The van der Waals surface area contributed by atoms with Gasteiger partial charge >= 0.3 is 6.18 Å². The van der Waals surface area contributed by atoms with Crippen molar-refractivity contribution in [2.24, 2.45) is 5.10 Å². The molecule has 0 spiro atoms. The SMILES string of the molecule is O=C(Cn1cc(C=Nn2c(-c3cccc(C(F)(F)F)c3)nc3ccccc3c2=O)c2ccccc21)N1CCOCC1. The van der Waals surface area contributed by atoms with Crippen molar-refractivity contribution in [2.45, 2.75) is 12.7 Å². The number of carbonyl (C=O) groups is 1. The largest absolute Gasteiger partial charge is 0.416 e. The molecule has 0 saturated carbocycles. The molecule has 8 nitrogen and oxygen atoms in total. The number of aromatic nitrogens is 3. The van der Waals surface area contributed by atoms with Crippen molar-refractivity contribution >= 4 is 33.9 Å². The Kier molecular flexibility index (Phi) is 6.88. The molecule has 208 valence electrons. The summed E-state index contributed by atoms with van der Waals surface area (Å²) >= 11 is 0. The molecule has 5 aromatic rings. The second kappa shape index (κ2) is 10.7. The van der Waals surface area contributed by atoms with Gasteiger partial charge in [-0.1, -0.05) is 42.5 Å². The van der Waals surface area contributed by atoms with E-state index in [4.69, 9.17) is 4.74 Å². The third-order valence-corrected chi connectivity index (χ3v) is 7.00. The van der Waals surface area contributed by atoms with Crippen LogP contribution >= 0.6 is 0 Å². The van der Waals surface area contributed by atoms with Crippen LogP contribution in [-0.2, 0) is 22.3 Å². The Hall–Kier alpha value is -4.77. The van der Waals surface area contributed by atoms with Crippen molar-refractivity contribution in [1.82, 2.24) is 19.1 Å². The van der Waals surface area contributed by atoms with Gasteiger partial charge in [0.25, 0.3) is 5.56 Å². The number of alkyl halides is 3. The van der Waals surface area contributed by atoms with Crippen molar-refractivity contribution in [2.75, 3.05) is 26.3 Å². The van der Waals surface area contributed by atoms with Crippen LogP contribution in [0.1, 0.15) is 11.1 Å². The molecule has 1 saturated heterocycles. The van der Waals surface area contributed by atoms with Gasteiger partial charge in [-0.2, -0.15) is 22.9 Å². The lowest BCUT2D eigenvalue weighted by atomic mass is 10.1. The van der Waals surface area contributed by atoms with E-state index in [0.29, 0.717) is 37.4 Å². The third-order valence-electron chi connectivity index (χ3n) is 7.00. The number of amides is 1. The van der Waals surface area contributed by atoms with E-state index in [1.54, 1.807) is 35.4 Å². The standard InChI is InChI=1S/C30H24F3N5O3/c31-30(32,33)22-7-5-6-20(16-22)28-35-25-10-3-1-9-24(25)29(40)38(28)34-17-21-18-37(26-11-4-2-8-23(21)26)19-27(39)36-12-14-41-15-13-36/h1-11,16-18H,12-15,19H2. The van der Waals surface area contributed by atoms with Crippen molar-refractivity contribution in [3.63, 3.8) is 0 Å². The van der Waals surface area contributed by atoms with Crippen molar-refractivity contribution in [1.29, 1.82) is 0 Å². The molecule has 0 radical (unpaired) electrons. The van der Waals surface area contributed by atoms with E-state index in [2.05, 4.69) is 10.1 Å². The van der Waals surface area contributed by atoms with Crippen molar-refractivity contribution in [3.05, 3.63) is 100 Å². The van der Waals surface area contributed by atoms with Crippen LogP contribution in [0.15, 0.2) is 88.9 Å². The summed E-state index contributed by atoms with van der Waals surface area (Å²) in [5.74, 6) is -0.0680. The zero-order chi connectivity index (χ0) is 28.6. The molecule has 2 aromatic heterocycles. The summed E-state index contributed by atoms with van der Waals surface area (Å²) in [6.07, 6.45) is -1.33. The number of ether oxygens (including phenoxy) is 1. The molecule has 0 bridgehead atoms. The van der Waals surface area contributed by atoms with Crippen LogP contribution in [0.3, 0.4) is 0 Å². The van der Waals surface area contributed by atoms with Crippen LogP contribution in [0.25, 0.3) is 33.2 Å². The molecule has 1 amide bonds. The number of rotatable bonds is 5. The van der Waals surface area contributed by atoms with Gasteiger partial charge in [-0.3, -0.25) is 9.59 Å². The van der Waals surface area contributed by atoms with Gasteiger partial charge in [0.2, 0.25) is 5.91 Å². The first kappa shape index (κ1) is 26.5. The Morgan fingerprint density at radius 2 is 1.71 bits per heavy atom. The molecule has 0 atom stereocenters. The fourth-order valence-corrected chi connectivity index (χ4v) is 4.94. The Bertz CT molecular complexity index is 1850. The normalized spacial score (nSPS) is 14.4. The number of benzene rings is 3. The Morgan fingerprint density at radius 1 is 0.976 bits per heavy atom. The lowest BCUT2D eigenvalue weighted by molar-refractivity contribution is -0.137. The van der Waals surface area contributed by atoms with E-state index in [0.717, 1.165) is 27.7 Å². The van der Waals surface area contributed by atoms with Gasteiger partial charge in [-0.15, -0.1) is 0 Å². The average molecular weight is 560 g/mol. The van der Waals surface area contributed by atoms with Gasteiger partial charge in [-0.25, -0.2) is 4.98 Å². The topological polar surface area (TPSA) is 81.7 Å². The van der Waals surface area contributed by atoms with Crippen LogP contribution in [-0.4, -0.2) is 57.6 Å². The molecular formula is C30H24F3N5O3. The molecule has 1 aliphatic heterocycles. The van der Waals surface area contributed by atoms with Gasteiger partial charge in [0.1, 0.15) is 6.54 Å². The van der Waals surface area contributed by atoms with Gasteiger partial charge < -0.3 is 14.2 Å². The first-order chi connectivity index (χ1) is 19.8. The molecule has 0 unspecified atom stereocenters. The summed E-state index contributed by atoms with van der Waals surface area (Å²) in [6.45, 7) is 2.17. The summed E-state index contributed by atoms with van der Waals surface area (Å²) in [7, 11) is 0. The molecule has 1 aliphatic rings. The Labute approximate surface area is 231 Å². The molecule has 6 rings (SSSR count). The van der Waals surface area contributed by atoms with Gasteiger partial charge in [0, 0.05) is 41.3 Å². The summed E-state index contributed by atoms with van der Waals surface area (Å²) in [4.78, 5) is 32.8. The van der Waals surface area contributed by atoms with Crippen LogP contribution in [0, 0.1) is 0 Å².